The fourth-order valence-electron chi connectivity index (χ4n) is 3.22. The maximum absolute atomic E-state index is 9.31. The van der Waals surface area contributed by atoms with Crippen molar-refractivity contribution >= 4 is 5.69 Å². The zero-order chi connectivity index (χ0) is 14.5. The second-order valence-electron chi connectivity index (χ2n) is 5.82. The molecular weight excluding hydrogens is 248 g/mol. The Morgan fingerprint density at radius 3 is 2.55 bits per heavy atom. The van der Waals surface area contributed by atoms with Crippen LogP contribution in [0, 0.1) is 17.2 Å². The molecule has 1 aliphatic carbocycles. The van der Waals surface area contributed by atoms with Crippen LogP contribution in [0.2, 0.25) is 0 Å². The summed E-state index contributed by atoms with van der Waals surface area (Å²) in [6, 6.07) is 8.46. The van der Waals surface area contributed by atoms with Crippen LogP contribution in [-0.2, 0) is 6.61 Å². The maximum atomic E-state index is 9.31. The van der Waals surface area contributed by atoms with Gasteiger partial charge in [-0.3, -0.25) is 0 Å². The average Bonchev–Trinajstić information content (AvgIpc) is 2.53. The van der Waals surface area contributed by atoms with Crippen molar-refractivity contribution < 1.29 is 5.11 Å². The van der Waals surface area contributed by atoms with Crippen molar-refractivity contribution in [3.8, 4) is 6.07 Å². The van der Waals surface area contributed by atoms with Crippen LogP contribution in [0.3, 0.4) is 0 Å². The van der Waals surface area contributed by atoms with E-state index in [2.05, 4.69) is 24.9 Å². The van der Waals surface area contributed by atoms with E-state index < -0.39 is 0 Å². The van der Waals surface area contributed by atoms with Gasteiger partial charge in [-0.05, 0) is 49.3 Å². The highest BCUT2D eigenvalue weighted by Gasteiger charge is 2.24. The Morgan fingerprint density at radius 1 is 1.30 bits per heavy atom. The summed E-state index contributed by atoms with van der Waals surface area (Å²) < 4.78 is 0. The van der Waals surface area contributed by atoms with Gasteiger partial charge in [-0.1, -0.05) is 19.4 Å². The Bertz CT molecular complexity index is 484. The summed E-state index contributed by atoms with van der Waals surface area (Å²) in [6.45, 7) is 2.26. The van der Waals surface area contributed by atoms with Crippen LogP contribution < -0.4 is 4.90 Å². The van der Waals surface area contributed by atoms with Crippen molar-refractivity contribution in [3.63, 3.8) is 0 Å². The lowest BCUT2D eigenvalue weighted by atomic mass is 9.84. The van der Waals surface area contributed by atoms with Crippen molar-refractivity contribution in [1.82, 2.24) is 0 Å². The molecule has 1 aliphatic rings. The second-order valence-corrected chi connectivity index (χ2v) is 5.82. The molecule has 0 aliphatic heterocycles. The first kappa shape index (κ1) is 14.9. The van der Waals surface area contributed by atoms with E-state index in [1.165, 1.54) is 32.1 Å². The van der Waals surface area contributed by atoms with E-state index in [0.717, 1.165) is 17.2 Å². The van der Waals surface area contributed by atoms with E-state index in [1.807, 2.05) is 12.1 Å². The molecule has 3 nitrogen and oxygen atoms in total. The van der Waals surface area contributed by atoms with E-state index in [0.29, 0.717) is 11.6 Å². The van der Waals surface area contributed by atoms with E-state index in [9.17, 15) is 5.26 Å². The number of nitriles is 1. The predicted molar refractivity (Wildman–Crippen MR) is 81.5 cm³/mol. The number of nitrogens with zero attached hydrogens (tertiary/aromatic N) is 2. The minimum absolute atomic E-state index is 0.0136. The highest BCUT2D eigenvalue weighted by atomic mass is 16.3. The number of benzene rings is 1. The third-order valence-electron chi connectivity index (χ3n) is 4.69. The Morgan fingerprint density at radius 2 is 2.00 bits per heavy atom. The van der Waals surface area contributed by atoms with Crippen molar-refractivity contribution in [3.05, 3.63) is 29.3 Å². The molecule has 3 heteroatoms. The molecular formula is C17H24N2O. The van der Waals surface area contributed by atoms with Crippen molar-refractivity contribution in [2.75, 3.05) is 11.9 Å². The first-order valence-electron chi connectivity index (χ1n) is 7.56. The molecule has 0 unspecified atom stereocenters. The van der Waals surface area contributed by atoms with Crippen LogP contribution >= 0.6 is 0 Å². The second kappa shape index (κ2) is 6.76. The monoisotopic (exact) mass is 272 g/mol. The van der Waals surface area contributed by atoms with Gasteiger partial charge in [-0.15, -0.1) is 0 Å². The van der Waals surface area contributed by atoms with Gasteiger partial charge < -0.3 is 10.0 Å². The van der Waals surface area contributed by atoms with E-state index in [-0.39, 0.29) is 6.61 Å². The molecule has 1 saturated carbocycles. The normalized spacial score (nSPS) is 22.3. The number of aliphatic hydroxyl groups is 1. The Balaban J connectivity index is 2.13. The molecule has 0 bridgehead atoms. The fourth-order valence-corrected chi connectivity index (χ4v) is 3.22. The molecule has 0 saturated heterocycles. The van der Waals surface area contributed by atoms with Crippen LogP contribution in [-0.4, -0.2) is 18.2 Å². The van der Waals surface area contributed by atoms with Crippen LogP contribution in [0.15, 0.2) is 18.2 Å². The van der Waals surface area contributed by atoms with Crippen LogP contribution in [0.4, 0.5) is 5.69 Å². The zero-order valence-corrected chi connectivity index (χ0v) is 12.5. The van der Waals surface area contributed by atoms with Gasteiger partial charge in [-0.25, -0.2) is 0 Å². The summed E-state index contributed by atoms with van der Waals surface area (Å²) in [4.78, 5) is 2.26. The fraction of sp³-hybridized carbons (Fsp3) is 0.588. The Kier molecular flexibility index (Phi) is 5.03. The SMILES string of the molecule is CCC1CCC(N(C)c2ccc(CO)cc2C#N)CC1. The average molecular weight is 272 g/mol. The summed E-state index contributed by atoms with van der Waals surface area (Å²) in [6.07, 6.45) is 6.29. The molecule has 0 heterocycles. The number of hydrogen-bond donors (Lipinski definition) is 1. The number of anilines is 1. The van der Waals surface area contributed by atoms with Crippen molar-refractivity contribution in [2.45, 2.75) is 51.7 Å². The molecule has 2 rings (SSSR count). The molecule has 108 valence electrons. The zero-order valence-electron chi connectivity index (χ0n) is 12.5. The summed E-state index contributed by atoms with van der Waals surface area (Å²) in [5.74, 6) is 0.881. The highest BCUT2D eigenvalue weighted by Crippen LogP contribution is 2.32. The molecule has 0 spiro atoms. The number of hydrogen-bond acceptors (Lipinski definition) is 3. The van der Waals surface area contributed by atoms with Gasteiger partial charge in [-0.2, -0.15) is 5.26 Å². The van der Waals surface area contributed by atoms with Gasteiger partial charge in [0.25, 0.3) is 0 Å². The third kappa shape index (κ3) is 3.13. The van der Waals surface area contributed by atoms with Crippen LogP contribution in [0.5, 0.6) is 0 Å². The minimum Gasteiger partial charge on any atom is -0.392 e. The van der Waals surface area contributed by atoms with Gasteiger partial charge in [0.1, 0.15) is 6.07 Å². The molecule has 20 heavy (non-hydrogen) atoms. The lowest BCUT2D eigenvalue weighted by Crippen LogP contribution is -2.35. The topological polar surface area (TPSA) is 47.3 Å². The van der Waals surface area contributed by atoms with Crippen LogP contribution in [0.25, 0.3) is 0 Å². The van der Waals surface area contributed by atoms with Gasteiger partial charge in [0.2, 0.25) is 0 Å². The third-order valence-corrected chi connectivity index (χ3v) is 4.69. The van der Waals surface area contributed by atoms with E-state index in [1.54, 1.807) is 6.07 Å². The van der Waals surface area contributed by atoms with Crippen molar-refractivity contribution in [2.24, 2.45) is 5.92 Å². The molecule has 0 atom stereocenters. The molecule has 0 amide bonds. The molecule has 0 aromatic heterocycles. The minimum atomic E-state index is -0.0136. The predicted octanol–water partition coefficient (Wildman–Crippen LogP) is 3.46. The molecule has 1 fully saturated rings. The lowest BCUT2D eigenvalue weighted by Gasteiger charge is -2.36. The number of aliphatic hydroxyl groups excluding tert-OH is 1. The molecule has 0 radical (unpaired) electrons. The summed E-state index contributed by atoms with van der Waals surface area (Å²) in [7, 11) is 2.09. The van der Waals surface area contributed by atoms with Gasteiger partial charge in [0.05, 0.1) is 17.9 Å². The van der Waals surface area contributed by atoms with Gasteiger partial charge in [0.15, 0.2) is 0 Å². The Labute approximate surface area is 121 Å². The summed E-state index contributed by atoms with van der Waals surface area (Å²) in [5.41, 5.74) is 2.45. The largest absolute Gasteiger partial charge is 0.392 e. The molecule has 1 aromatic rings. The highest BCUT2D eigenvalue weighted by molar-refractivity contribution is 5.60. The summed E-state index contributed by atoms with van der Waals surface area (Å²) in [5, 5.41) is 18.5. The molecule has 1 aromatic carbocycles. The first-order chi connectivity index (χ1) is 9.69. The maximum Gasteiger partial charge on any atom is 0.101 e. The smallest absolute Gasteiger partial charge is 0.101 e. The van der Waals surface area contributed by atoms with Crippen molar-refractivity contribution in [1.29, 1.82) is 5.26 Å². The van der Waals surface area contributed by atoms with E-state index in [4.69, 9.17) is 5.11 Å². The lowest BCUT2D eigenvalue weighted by molar-refractivity contribution is 0.282. The van der Waals surface area contributed by atoms with E-state index >= 15 is 0 Å². The quantitative estimate of drug-likeness (QED) is 0.913. The first-order valence-corrected chi connectivity index (χ1v) is 7.56. The van der Waals surface area contributed by atoms with Gasteiger partial charge in [0, 0.05) is 13.1 Å². The summed E-state index contributed by atoms with van der Waals surface area (Å²) >= 11 is 0. The van der Waals surface area contributed by atoms with Crippen LogP contribution in [0.1, 0.15) is 50.2 Å². The van der Waals surface area contributed by atoms with Gasteiger partial charge >= 0.3 is 0 Å². The molecule has 1 N–H and O–H groups in total. The number of rotatable bonds is 4. The Hall–Kier alpha value is -1.53. The standard InChI is InChI=1S/C17H24N2O/c1-3-13-4-7-16(8-5-13)19(2)17-9-6-14(12-20)10-15(17)11-18/h6,9-10,13,16,20H,3-5,7-8,12H2,1-2H3.